The SMILES string of the molecule is COCC1(CNC(=O)c2cc(F)cc3nccnc23)CCNCC1. The highest BCUT2D eigenvalue weighted by molar-refractivity contribution is 6.04. The molecule has 24 heavy (non-hydrogen) atoms. The number of nitrogens with zero attached hydrogens (tertiary/aromatic N) is 2. The number of hydrogen-bond donors (Lipinski definition) is 2. The van der Waals surface area contributed by atoms with Gasteiger partial charge in [-0.25, -0.2) is 4.39 Å². The number of amides is 1. The molecule has 1 saturated heterocycles. The van der Waals surface area contributed by atoms with Crippen LogP contribution in [0.3, 0.4) is 0 Å². The van der Waals surface area contributed by atoms with Crippen molar-refractivity contribution < 1.29 is 13.9 Å². The van der Waals surface area contributed by atoms with E-state index in [4.69, 9.17) is 4.74 Å². The zero-order chi connectivity index (χ0) is 17.0. The van der Waals surface area contributed by atoms with Crippen LogP contribution in [0, 0.1) is 11.2 Å². The highest BCUT2D eigenvalue weighted by Crippen LogP contribution is 2.28. The molecule has 128 valence electrons. The molecule has 0 atom stereocenters. The van der Waals surface area contributed by atoms with Gasteiger partial charge in [-0.15, -0.1) is 0 Å². The maximum Gasteiger partial charge on any atom is 0.253 e. The highest BCUT2D eigenvalue weighted by Gasteiger charge is 2.32. The van der Waals surface area contributed by atoms with Gasteiger partial charge in [-0.2, -0.15) is 0 Å². The van der Waals surface area contributed by atoms with Crippen molar-refractivity contribution in [1.82, 2.24) is 20.6 Å². The first-order valence-corrected chi connectivity index (χ1v) is 8.02. The van der Waals surface area contributed by atoms with Gasteiger partial charge in [-0.1, -0.05) is 0 Å². The monoisotopic (exact) mass is 332 g/mol. The van der Waals surface area contributed by atoms with Crippen molar-refractivity contribution in [3.05, 3.63) is 35.9 Å². The number of piperidine rings is 1. The van der Waals surface area contributed by atoms with Crippen LogP contribution in [-0.4, -0.2) is 49.2 Å². The van der Waals surface area contributed by atoms with E-state index in [1.54, 1.807) is 7.11 Å². The van der Waals surface area contributed by atoms with Gasteiger partial charge in [0.25, 0.3) is 5.91 Å². The Labute approximate surface area is 139 Å². The predicted octanol–water partition coefficient (Wildman–Crippen LogP) is 1.51. The number of carbonyl (C=O) groups excluding carboxylic acids is 1. The standard InChI is InChI=1S/C17H21FN4O2/c1-24-11-17(2-4-19-5-3-17)10-22-16(23)13-8-12(18)9-14-15(13)21-7-6-20-14/h6-9,19H,2-5,10-11H2,1H3,(H,22,23). The van der Waals surface area contributed by atoms with Gasteiger partial charge < -0.3 is 15.4 Å². The maximum absolute atomic E-state index is 13.8. The largest absolute Gasteiger partial charge is 0.384 e. The number of methoxy groups -OCH3 is 1. The fraction of sp³-hybridized carbons (Fsp3) is 0.471. The molecule has 1 aromatic heterocycles. The van der Waals surface area contributed by atoms with Crippen molar-refractivity contribution in [1.29, 1.82) is 0 Å². The number of hydrogen-bond acceptors (Lipinski definition) is 5. The lowest BCUT2D eigenvalue weighted by Gasteiger charge is -2.37. The van der Waals surface area contributed by atoms with Crippen molar-refractivity contribution in [2.24, 2.45) is 5.41 Å². The number of ether oxygens (including phenoxy) is 1. The summed E-state index contributed by atoms with van der Waals surface area (Å²) in [5, 5.41) is 6.25. The molecule has 7 heteroatoms. The van der Waals surface area contributed by atoms with Crippen molar-refractivity contribution in [2.45, 2.75) is 12.8 Å². The smallest absolute Gasteiger partial charge is 0.253 e. The molecule has 0 spiro atoms. The molecule has 0 unspecified atom stereocenters. The minimum atomic E-state index is -0.498. The molecule has 0 saturated carbocycles. The van der Waals surface area contributed by atoms with Crippen molar-refractivity contribution in [3.63, 3.8) is 0 Å². The molecule has 6 nitrogen and oxygen atoms in total. The van der Waals surface area contributed by atoms with E-state index in [2.05, 4.69) is 20.6 Å². The Hall–Kier alpha value is -2.12. The van der Waals surface area contributed by atoms with E-state index in [-0.39, 0.29) is 16.9 Å². The molecule has 0 bridgehead atoms. The summed E-state index contributed by atoms with van der Waals surface area (Å²) in [7, 11) is 1.67. The second-order valence-corrected chi connectivity index (χ2v) is 6.24. The fourth-order valence-corrected chi connectivity index (χ4v) is 3.21. The first-order valence-electron chi connectivity index (χ1n) is 8.02. The third kappa shape index (κ3) is 3.52. The van der Waals surface area contributed by atoms with E-state index < -0.39 is 5.82 Å². The number of fused-ring (bicyclic) bond motifs is 1. The first kappa shape index (κ1) is 16.7. The first-order chi connectivity index (χ1) is 11.6. The number of carbonyl (C=O) groups is 1. The summed E-state index contributed by atoms with van der Waals surface area (Å²) in [5.41, 5.74) is 0.892. The normalized spacial score (nSPS) is 16.9. The molecule has 0 radical (unpaired) electrons. The van der Waals surface area contributed by atoms with Gasteiger partial charge in [0.15, 0.2) is 0 Å². The Kier molecular flexibility index (Phi) is 5.01. The lowest BCUT2D eigenvalue weighted by molar-refractivity contribution is 0.0512. The van der Waals surface area contributed by atoms with E-state index >= 15 is 0 Å². The van der Waals surface area contributed by atoms with Crippen LogP contribution >= 0.6 is 0 Å². The van der Waals surface area contributed by atoms with Crippen LogP contribution in [0.2, 0.25) is 0 Å². The van der Waals surface area contributed by atoms with Crippen LogP contribution in [-0.2, 0) is 4.74 Å². The molecule has 1 aromatic carbocycles. The van der Waals surface area contributed by atoms with Gasteiger partial charge >= 0.3 is 0 Å². The third-order valence-corrected chi connectivity index (χ3v) is 4.52. The number of benzene rings is 1. The zero-order valence-corrected chi connectivity index (χ0v) is 13.6. The summed E-state index contributed by atoms with van der Waals surface area (Å²) in [6.07, 6.45) is 4.82. The molecular weight excluding hydrogens is 311 g/mol. The summed E-state index contributed by atoms with van der Waals surface area (Å²) >= 11 is 0. The summed E-state index contributed by atoms with van der Waals surface area (Å²) in [6, 6.07) is 2.48. The van der Waals surface area contributed by atoms with Crippen LogP contribution < -0.4 is 10.6 Å². The second-order valence-electron chi connectivity index (χ2n) is 6.24. The Morgan fingerprint density at radius 1 is 1.33 bits per heavy atom. The van der Waals surface area contributed by atoms with Crippen LogP contribution in [0.25, 0.3) is 11.0 Å². The average molecular weight is 332 g/mol. The van der Waals surface area contributed by atoms with Crippen LogP contribution in [0.1, 0.15) is 23.2 Å². The van der Waals surface area contributed by atoms with Gasteiger partial charge in [0.05, 0.1) is 17.7 Å². The molecule has 2 heterocycles. The minimum absolute atomic E-state index is 0.0928. The van der Waals surface area contributed by atoms with Crippen molar-refractivity contribution in [3.8, 4) is 0 Å². The molecule has 1 fully saturated rings. The van der Waals surface area contributed by atoms with Gasteiger partial charge in [0, 0.05) is 37.5 Å². The predicted molar refractivity (Wildman–Crippen MR) is 88.2 cm³/mol. The van der Waals surface area contributed by atoms with Gasteiger partial charge in [0.1, 0.15) is 11.3 Å². The zero-order valence-electron chi connectivity index (χ0n) is 13.6. The highest BCUT2D eigenvalue weighted by atomic mass is 19.1. The molecular formula is C17H21FN4O2. The second kappa shape index (κ2) is 7.19. The number of nitrogens with one attached hydrogen (secondary N) is 2. The summed E-state index contributed by atoms with van der Waals surface area (Å²) < 4.78 is 19.1. The van der Waals surface area contributed by atoms with Gasteiger partial charge in [-0.3, -0.25) is 14.8 Å². The van der Waals surface area contributed by atoms with E-state index in [1.165, 1.54) is 24.5 Å². The Morgan fingerprint density at radius 3 is 2.83 bits per heavy atom. The molecule has 2 aromatic rings. The fourth-order valence-electron chi connectivity index (χ4n) is 3.21. The Morgan fingerprint density at radius 2 is 2.08 bits per heavy atom. The van der Waals surface area contributed by atoms with Crippen LogP contribution in [0.5, 0.6) is 0 Å². The third-order valence-electron chi connectivity index (χ3n) is 4.52. The number of aromatic nitrogens is 2. The lowest BCUT2D eigenvalue weighted by Crippen LogP contribution is -2.47. The lowest BCUT2D eigenvalue weighted by atomic mass is 9.79. The minimum Gasteiger partial charge on any atom is -0.384 e. The summed E-state index contributed by atoms with van der Waals surface area (Å²) in [6.45, 7) is 2.86. The molecule has 2 N–H and O–H groups in total. The average Bonchev–Trinajstić information content (AvgIpc) is 2.60. The number of rotatable bonds is 5. The van der Waals surface area contributed by atoms with E-state index in [0.29, 0.717) is 24.2 Å². The Balaban J connectivity index is 1.80. The van der Waals surface area contributed by atoms with Crippen molar-refractivity contribution in [2.75, 3.05) is 33.4 Å². The maximum atomic E-state index is 13.8. The Bertz CT molecular complexity index is 726. The summed E-state index contributed by atoms with van der Waals surface area (Å²) in [5.74, 6) is -0.837. The molecule has 0 aliphatic carbocycles. The van der Waals surface area contributed by atoms with E-state index in [1.807, 2.05) is 0 Å². The van der Waals surface area contributed by atoms with Crippen molar-refractivity contribution >= 4 is 16.9 Å². The van der Waals surface area contributed by atoms with E-state index in [0.717, 1.165) is 25.9 Å². The quantitative estimate of drug-likeness (QED) is 0.868. The van der Waals surface area contributed by atoms with E-state index in [9.17, 15) is 9.18 Å². The van der Waals surface area contributed by atoms with Gasteiger partial charge in [-0.05, 0) is 32.0 Å². The molecule has 1 amide bonds. The van der Waals surface area contributed by atoms with Crippen LogP contribution in [0.4, 0.5) is 4.39 Å². The topological polar surface area (TPSA) is 76.1 Å². The van der Waals surface area contributed by atoms with Gasteiger partial charge in [0.2, 0.25) is 0 Å². The number of halogens is 1. The molecule has 1 aliphatic rings. The molecule has 1 aliphatic heterocycles. The molecule has 3 rings (SSSR count). The summed E-state index contributed by atoms with van der Waals surface area (Å²) in [4.78, 5) is 20.8. The van der Waals surface area contributed by atoms with Crippen LogP contribution in [0.15, 0.2) is 24.5 Å².